The molecular formula is C30H35NO4. The fraction of sp³-hybridized carbons (Fsp3) is 0.400. The molecular weight excluding hydrogens is 438 g/mol. The molecule has 2 aliphatic rings. The molecule has 0 amide bonds. The van der Waals surface area contributed by atoms with Gasteiger partial charge in [0.15, 0.2) is 0 Å². The monoisotopic (exact) mass is 473 g/mol. The van der Waals surface area contributed by atoms with Gasteiger partial charge in [-0.2, -0.15) is 0 Å². The van der Waals surface area contributed by atoms with Crippen molar-refractivity contribution >= 4 is 0 Å². The number of phenols is 2. The van der Waals surface area contributed by atoms with Crippen molar-refractivity contribution in [3.63, 3.8) is 0 Å². The average molecular weight is 474 g/mol. The molecule has 35 heavy (non-hydrogen) atoms. The predicted octanol–water partition coefficient (Wildman–Crippen LogP) is 6.23. The number of fused-ring (bicyclic) bond motifs is 1. The first-order valence-corrected chi connectivity index (χ1v) is 12.6. The third-order valence-electron chi connectivity index (χ3n) is 7.66. The van der Waals surface area contributed by atoms with Crippen molar-refractivity contribution in [2.24, 2.45) is 5.92 Å². The molecule has 0 saturated carbocycles. The Morgan fingerprint density at radius 2 is 1.63 bits per heavy atom. The molecule has 2 heterocycles. The molecule has 1 saturated heterocycles. The Bertz CT molecular complexity index is 1140. The van der Waals surface area contributed by atoms with Crippen LogP contribution in [0, 0.1) is 5.92 Å². The average Bonchev–Trinajstić information content (AvgIpc) is 3.30. The van der Waals surface area contributed by atoms with E-state index in [2.05, 4.69) is 37.8 Å². The molecule has 5 heteroatoms. The van der Waals surface area contributed by atoms with Crippen molar-refractivity contribution in [1.82, 2.24) is 4.90 Å². The standard InChI is InChI=1S/C30H35NO4/c1-19-14-15-31(17-19)20(2)18-34-26-11-6-23(7-12-26)30-29(22-4-8-24(32)9-5-22)21(3)27-16-25(33)10-13-28(27)35-30/h4-13,16,19-21,29-30,32-33H,14-15,17-18H2,1-3H3/t19-,20+,21-,29-,30+/m1/s1. The Kier molecular flexibility index (Phi) is 6.61. The summed E-state index contributed by atoms with van der Waals surface area (Å²) in [5, 5.41) is 19.9. The van der Waals surface area contributed by atoms with Crippen LogP contribution in [-0.4, -0.2) is 40.9 Å². The molecule has 3 aromatic rings. The van der Waals surface area contributed by atoms with Gasteiger partial charge in [-0.15, -0.1) is 0 Å². The van der Waals surface area contributed by atoms with Crippen molar-refractivity contribution in [2.45, 2.75) is 51.2 Å². The van der Waals surface area contributed by atoms with Crippen LogP contribution in [0.3, 0.4) is 0 Å². The summed E-state index contributed by atoms with van der Waals surface area (Å²) < 4.78 is 12.7. The number of aromatic hydroxyl groups is 2. The highest BCUT2D eigenvalue weighted by Crippen LogP contribution is 2.51. The molecule has 5 atom stereocenters. The quantitative estimate of drug-likeness (QED) is 0.444. The summed E-state index contributed by atoms with van der Waals surface area (Å²) in [4.78, 5) is 2.51. The Morgan fingerprint density at radius 1 is 0.943 bits per heavy atom. The van der Waals surface area contributed by atoms with Gasteiger partial charge < -0.3 is 19.7 Å². The van der Waals surface area contributed by atoms with Crippen LogP contribution in [-0.2, 0) is 0 Å². The number of rotatable bonds is 6. The van der Waals surface area contributed by atoms with E-state index in [9.17, 15) is 10.2 Å². The Morgan fingerprint density at radius 3 is 2.31 bits per heavy atom. The summed E-state index contributed by atoms with van der Waals surface area (Å²) in [6.07, 6.45) is 1.06. The third-order valence-corrected chi connectivity index (χ3v) is 7.66. The molecule has 5 nitrogen and oxygen atoms in total. The fourth-order valence-corrected chi connectivity index (χ4v) is 5.55. The maximum absolute atomic E-state index is 10.1. The van der Waals surface area contributed by atoms with E-state index < -0.39 is 0 Å². The number of nitrogens with zero attached hydrogens (tertiary/aromatic N) is 1. The number of ether oxygens (including phenoxy) is 2. The van der Waals surface area contributed by atoms with Crippen LogP contribution >= 0.6 is 0 Å². The molecule has 5 rings (SSSR count). The minimum atomic E-state index is -0.203. The molecule has 0 bridgehead atoms. The van der Waals surface area contributed by atoms with Crippen LogP contribution in [0.5, 0.6) is 23.0 Å². The first-order valence-electron chi connectivity index (χ1n) is 12.6. The van der Waals surface area contributed by atoms with Crippen LogP contribution in [0.2, 0.25) is 0 Å². The largest absolute Gasteiger partial charge is 0.508 e. The molecule has 2 N–H and O–H groups in total. The molecule has 0 spiro atoms. The van der Waals surface area contributed by atoms with E-state index in [4.69, 9.17) is 9.47 Å². The topological polar surface area (TPSA) is 62.2 Å². The van der Waals surface area contributed by atoms with Gasteiger partial charge in [-0.3, -0.25) is 4.90 Å². The van der Waals surface area contributed by atoms with Gasteiger partial charge in [0.05, 0.1) is 0 Å². The summed E-state index contributed by atoms with van der Waals surface area (Å²) in [5.74, 6) is 3.04. The van der Waals surface area contributed by atoms with Gasteiger partial charge in [0.2, 0.25) is 0 Å². The van der Waals surface area contributed by atoms with Crippen molar-refractivity contribution < 1.29 is 19.7 Å². The minimum Gasteiger partial charge on any atom is -0.508 e. The Labute approximate surface area is 207 Å². The van der Waals surface area contributed by atoms with Crippen LogP contribution < -0.4 is 9.47 Å². The zero-order valence-corrected chi connectivity index (χ0v) is 20.7. The zero-order chi connectivity index (χ0) is 24.5. The predicted molar refractivity (Wildman–Crippen MR) is 137 cm³/mol. The maximum Gasteiger partial charge on any atom is 0.131 e. The van der Waals surface area contributed by atoms with E-state index in [1.165, 1.54) is 6.42 Å². The van der Waals surface area contributed by atoms with Crippen LogP contribution in [0.4, 0.5) is 0 Å². The molecule has 0 unspecified atom stereocenters. The lowest BCUT2D eigenvalue weighted by Crippen LogP contribution is -2.35. The summed E-state index contributed by atoms with van der Waals surface area (Å²) in [6.45, 7) is 9.70. The highest BCUT2D eigenvalue weighted by molar-refractivity contribution is 5.48. The molecule has 2 aliphatic heterocycles. The van der Waals surface area contributed by atoms with E-state index in [0.717, 1.165) is 47.2 Å². The third kappa shape index (κ3) is 4.96. The van der Waals surface area contributed by atoms with Crippen molar-refractivity contribution in [2.75, 3.05) is 19.7 Å². The molecule has 1 fully saturated rings. The highest BCUT2D eigenvalue weighted by Gasteiger charge is 2.38. The molecule has 3 aromatic carbocycles. The second-order valence-corrected chi connectivity index (χ2v) is 10.3. The Hall–Kier alpha value is -3.18. The lowest BCUT2D eigenvalue weighted by Gasteiger charge is -2.39. The number of phenolic OH excluding ortho intramolecular Hbond substituents is 2. The van der Waals surface area contributed by atoms with Gasteiger partial charge in [0.25, 0.3) is 0 Å². The van der Waals surface area contributed by atoms with E-state index >= 15 is 0 Å². The smallest absolute Gasteiger partial charge is 0.131 e. The molecule has 0 aliphatic carbocycles. The first kappa shape index (κ1) is 23.6. The van der Waals surface area contributed by atoms with Crippen LogP contribution in [0.25, 0.3) is 0 Å². The molecule has 0 radical (unpaired) electrons. The van der Waals surface area contributed by atoms with E-state index in [1.807, 2.05) is 30.3 Å². The van der Waals surface area contributed by atoms with E-state index in [-0.39, 0.29) is 29.4 Å². The minimum absolute atomic E-state index is 0.0221. The highest BCUT2D eigenvalue weighted by atomic mass is 16.5. The van der Waals surface area contributed by atoms with Crippen molar-refractivity contribution in [1.29, 1.82) is 0 Å². The van der Waals surface area contributed by atoms with Gasteiger partial charge in [0.1, 0.15) is 35.7 Å². The Balaban J connectivity index is 1.37. The van der Waals surface area contributed by atoms with Crippen molar-refractivity contribution in [3.8, 4) is 23.0 Å². The zero-order valence-electron chi connectivity index (χ0n) is 20.7. The summed E-state index contributed by atoms with van der Waals surface area (Å²) in [7, 11) is 0. The summed E-state index contributed by atoms with van der Waals surface area (Å²) in [5.41, 5.74) is 3.15. The van der Waals surface area contributed by atoms with Gasteiger partial charge in [-0.05, 0) is 85.3 Å². The van der Waals surface area contributed by atoms with Gasteiger partial charge in [-0.25, -0.2) is 0 Å². The van der Waals surface area contributed by atoms with E-state index in [1.54, 1.807) is 24.3 Å². The van der Waals surface area contributed by atoms with Crippen LogP contribution in [0.15, 0.2) is 66.7 Å². The number of benzene rings is 3. The second kappa shape index (κ2) is 9.82. The molecule has 0 aromatic heterocycles. The summed E-state index contributed by atoms with van der Waals surface area (Å²) >= 11 is 0. The number of hydrogen-bond acceptors (Lipinski definition) is 5. The van der Waals surface area contributed by atoms with Crippen molar-refractivity contribution in [3.05, 3.63) is 83.4 Å². The SMILES string of the molecule is C[C@@H]1CCN([C@@H](C)COc2ccc([C@@H]3Oc4ccc(O)cc4[C@@H](C)[C@@H]3c3ccc(O)cc3)cc2)C1. The summed E-state index contributed by atoms with van der Waals surface area (Å²) in [6, 6.07) is 21.3. The normalized spacial score (nSPS) is 25.0. The van der Waals surface area contributed by atoms with Gasteiger partial charge in [0, 0.05) is 24.1 Å². The van der Waals surface area contributed by atoms with E-state index in [0.29, 0.717) is 12.6 Å². The van der Waals surface area contributed by atoms with Gasteiger partial charge in [-0.1, -0.05) is 38.1 Å². The molecule has 184 valence electrons. The number of likely N-dealkylation sites (tertiary alicyclic amines) is 1. The number of hydrogen-bond donors (Lipinski definition) is 2. The second-order valence-electron chi connectivity index (χ2n) is 10.3. The van der Waals surface area contributed by atoms with Gasteiger partial charge >= 0.3 is 0 Å². The fourth-order valence-electron chi connectivity index (χ4n) is 5.55. The lowest BCUT2D eigenvalue weighted by molar-refractivity contribution is 0.136. The maximum atomic E-state index is 10.1. The lowest BCUT2D eigenvalue weighted by atomic mass is 9.75. The van der Waals surface area contributed by atoms with Crippen LogP contribution in [0.1, 0.15) is 61.8 Å². The first-order chi connectivity index (χ1) is 16.9.